The molecule has 0 aliphatic rings. The zero-order chi connectivity index (χ0) is 13.2. The number of hydrogen-bond acceptors (Lipinski definition) is 3. The molecule has 0 aliphatic carbocycles. The Labute approximate surface area is 108 Å². The number of benzene rings is 1. The minimum atomic E-state index is -3.76. The van der Waals surface area contributed by atoms with Crippen LogP contribution in [-0.2, 0) is 10.0 Å². The summed E-state index contributed by atoms with van der Waals surface area (Å²) in [4.78, 5) is -0.106. The van der Waals surface area contributed by atoms with Crippen LogP contribution in [0, 0.1) is 5.82 Å². The summed E-state index contributed by atoms with van der Waals surface area (Å²) in [5, 5.41) is 0. The van der Waals surface area contributed by atoms with Crippen molar-refractivity contribution < 1.29 is 12.8 Å². The van der Waals surface area contributed by atoms with Crippen molar-refractivity contribution in [3.05, 3.63) is 35.1 Å². The fourth-order valence-corrected chi connectivity index (χ4v) is 3.37. The maximum Gasteiger partial charge on any atom is 0.242 e. The standard InChI is InChI=1S/C10H12BrFN2O2S/c1-3-6(2)14-17(15,16)10-5-9(13)8(12)4-7(10)11/h3-6,14H,1,13H2,2H3. The summed E-state index contributed by atoms with van der Waals surface area (Å²) < 4.78 is 39.4. The molecule has 1 aromatic rings. The largest absolute Gasteiger partial charge is 0.396 e. The van der Waals surface area contributed by atoms with Crippen molar-refractivity contribution in [2.75, 3.05) is 5.73 Å². The molecule has 0 amide bonds. The first-order valence-electron chi connectivity index (χ1n) is 4.67. The third kappa shape index (κ3) is 3.27. The van der Waals surface area contributed by atoms with Gasteiger partial charge in [0.25, 0.3) is 0 Å². The van der Waals surface area contributed by atoms with Crippen molar-refractivity contribution in [1.82, 2.24) is 4.72 Å². The van der Waals surface area contributed by atoms with Crippen molar-refractivity contribution in [2.24, 2.45) is 0 Å². The molecule has 1 rings (SSSR count). The van der Waals surface area contributed by atoms with Crippen LogP contribution >= 0.6 is 15.9 Å². The normalized spacial score (nSPS) is 13.4. The SMILES string of the molecule is C=CC(C)NS(=O)(=O)c1cc(N)c(F)cc1Br. The minimum Gasteiger partial charge on any atom is -0.396 e. The second kappa shape index (κ2) is 5.16. The van der Waals surface area contributed by atoms with E-state index in [2.05, 4.69) is 27.2 Å². The van der Waals surface area contributed by atoms with E-state index in [9.17, 15) is 12.8 Å². The maximum atomic E-state index is 13.1. The van der Waals surface area contributed by atoms with Crippen molar-refractivity contribution in [3.63, 3.8) is 0 Å². The van der Waals surface area contributed by atoms with E-state index in [4.69, 9.17) is 5.73 Å². The van der Waals surface area contributed by atoms with Crippen LogP contribution in [0.15, 0.2) is 34.2 Å². The van der Waals surface area contributed by atoms with Crippen LogP contribution < -0.4 is 10.5 Å². The van der Waals surface area contributed by atoms with E-state index in [0.717, 1.165) is 12.1 Å². The highest BCUT2D eigenvalue weighted by Gasteiger charge is 2.20. The Bertz CT molecular complexity index is 545. The van der Waals surface area contributed by atoms with Gasteiger partial charge in [0.1, 0.15) is 5.82 Å². The molecule has 1 atom stereocenters. The van der Waals surface area contributed by atoms with Crippen molar-refractivity contribution >= 4 is 31.6 Å². The topological polar surface area (TPSA) is 72.2 Å². The number of nitrogens with one attached hydrogen (secondary N) is 1. The van der Waals surface area contributed by atoms with Crippen molar-refractivity contribution in [1.29, 1.82) is 0 Å². The molecule has 1 aromatic carbocycles. The van der Waals surface area contributed by atoms with E-state index in [0.29, 0.717) is 0 Å². The zero-order valence-corrected chi connectivity index (χ0v) is 11.5. The molecule has 0 radical (unpaired) electrons. The molecule has 94 valence electrons. The third-order valence-electron chi connectivity index (χ3n) is 2.04. The van der Waals surface area contributed by atoms with Crippen molar-refractivity contribution in [3.8, 4) is 0 Å². The summed E-state index contributed by atoms with van der Waals surface area (Å²) in [7, 11) is -3.76. The highest BCUT2D eigenvalue weighted by Crippen LogP contribution is 2.26. The van der Waals surface area contributed by atoms with E-state index in [1.54, 1.807) is 6.92 Å². The van der Waals surface area contributed by atoms with E-state index < -0.39 is 21.9 Å². The molecule has 0 saturated heterocycles. The Hall–Kier alpha value is -0.920. The monoisotopic (exact) mass is 322 g/mol. The molecule has 0 heterocycles. The number of hydrogen-bond donors (Lipinski definition) is 2. The summed E-state index contributed by atoms with van der Waals surface area (Å²) in [5.74, 6) is -0.674. The number of nitrogens with two attached hydrogens (primary N) is 1. The summed E-state index contributed by atoms with van der Waals surface area (Å²) in [5.41, 5.74) is 5.12. The summed E-state index contributed by atoms with van der Waals surface area (Å²) in [6, 6.07) is 1.65. The summed E-state index contributed by atoms with van der Waals surface area (Å²) in [6.07, 6.45) is 1.44. The quantitative estimate of drug-likeness (QED) is 0.658. The predicted octanol–water partition coefficient (Wildman–Crippen LogP) is 2.02. The fraction of sp³-hybridized carbons (Fsp3) is 0.200. The number of anilines is 1. The number of halogens is 2. The Morgan fingerprint density at radius 2 is 2.18 bits per heavy atom. The average molecular weight is 323 g/mol. The van der Waals surface area contributed by atoms with Gasteiger partial charge in [0, 0.05) is 10.5 Å². The van der Waals surface area contributed by atoms with E-state index in [1.807, 2.05) is 0 Å². The molecule has 0 aromatic heterocycles. The molecule has 17 heavy (non-hydrogen) atoms. The molecule has 0 fully saturated rings. The molecule has 1 unspecified atom stereocenters. The van der Waals surface area contributed by atoms with E-state index in [-0.39, 0.29) is 15.1 Å². The molecular formula is C10H12BrFN2O2S. The molecule has 4 nitrogen and oxygen atoms in total. The first kappa shape index (κ1) is 14.1. The van der Waals surface area contributed by atoms with E-state index in [1.165, 1.54) is 6.08 Å². The lowest BCUT2D eigenvalue weighted by molar-refractivity contribution is 0.575. The average Bonchev–Trinajstić information content (AvgIpc) is 2.22. The molecule has 0 spiro atoms. The van der Waals surface area contributed by atoms with Gasteiger partial charge in [0.15, 0.2) is 0 Å². The Balaban J connectivity index is 3.24. The van der Waals surface area contributed by atoms with Crippen LogP contribution in [0.25, 0.3) is 0 Å². The second-order valence-electron chi connectivity index (χ2n) is 3.45. The molecular weight excluding hydrogens is 311 g/mol. The van der Waals surface area contributed by atoms with Crippen LogP contribution in [0.1, 0.15) is 6.92 Å². The van der Waals surface area contributed by atoms with Crippen LogP contribution in [0.2, 0.25) is 0 Å². The second-order valence-corrected chi connectivity index (χ2v) is 5.99. The van der Waals surface area contributed by atoms with Gasteiger partial charge >= 0.3 is 0 Å². The van der Waals surface area contributed by atoms with Gasteiger partial charge in [-0.15, -0.1) is 6.58 Å². The van der Waals surface area contributed by atoms with Gasteiger partial charge in [-0.3, -0.25) is 0 Å². The smallest absolute Gasteiger partial charge is 0.242 e. The van der Waals surface area contributed by atoms with Gasteiger partial charge in [0.05, 0.1) is 10.6 Å². The van der Waals surface area contributed by atoms with Gasteiger partial charge in [-0.25, -0.2) is 17.5 Å². The molecule has 0 saturated carbocycles. The lowest BCUT2D eigenvalue weighted by atomic mass is 10.3. The minimum absolute atomic E-state index is 0.106. The van der Waals surface area contributed by atoms with Gasteiger partial charge < -0.3 is 5.73 Å². The zero-order valence-electron chi connectivity index (χ0n) is 9.07. The Morgan fingerprint density at radius 3 is 2.71 bits per heavy atom. The van der Waals surface area contributed by atoms with Gasteiger partial charge in [0.2, 0.25) is 10.0 Å². The molecule has 0 aliphatic heterocycles. The summed E-state index contributed by atoms with van der Waals surface area (Å²) >= 11 is 2.99. The third-order valence-corrected chi connectivity index (χ3v) is 4.55. The van der Waals surface area contributed by atoms with Crippen LogP contribution in [0.5, 0.6) is 0 Å². The molecule has 0 bridgehead atoms. The molecule has 7 heteroatoms. The van der Waals surface area contributed by atoms with Crippen LogP contribution in [0.4, 0.5) is 10.1 Å². The van der Waals surface area contributed by atoms with Gasteiger partial charge in [-0.2, -0.15) is 0 Å². The lowest BCUT2D eigenvalue weighted by Crippen LogP contribution is -2.31. The fourth-order valence-electron chi connectivity index (χ4n) is 1.11. The first-order valence-corrected chi connectivity index (χ1v) is 6.95. The Morgan fingerprint density at radius 1 is 1.59 bits per heavy atom. The first-order chi connectivity index (χ1) is 7.77. The number of nitrogen functional groups attached to an aromatic ring is 1. The summed E-state index contributed by atoms with van der Waals surface area (Å²) in [6.45, 7) is 5.10. The number of rotatable bonds is 4. The van der Waals surface area contributed by atoms with Crippen molar-refractivity contribution in [2.45, 2.75) is 17.9 Å². The lowest BCUT2D eigenvalue weighted by Gasteiger charge is -2.12. The van der Waals surface area contributed by atoms with E-state index >= 15 is 0 Å². The highest BCUT2D eigenvalue weighted by atomic mass is 79.9. The maximum absolute atomic E-state index is 13.1. The number of sulfonamides is 1. The van der Waals surface area contributed by atoms with Crippen LogP contribution in [0.3, 0.4) is 0 Å². The Kier molecular flexibility index (Phi) is 4.29. The predicted molar refractivity (Wildman–Crippen MR) is 68.5 cm³/mol. The van der Waals surface area contributed by atoms with Gasteiger partial charge in [-0.05, 0) is 35.0 Å². The van der Waals surface area contributed by atoms with Crippen LogP contribution in [-0.4, -0.2) is 14.5 Å². The molecule has 3 N–H and O–H groups in total. The highest BCUT2D eigenvalue weighted by molar-refractivity contribution is 9.10. The van der Waals surface area contributed by atoms with Gasteiger partial charge in [-0.1, -0.05) is 6.08 Å².